The van der Waals surface area contributed by atoms with Crippen LogP contribution in [0.2, 0.25) is 0 Å². The van der Waals surface area contributed by atoms with Crippen molar-refractivity contribution in [1.29, 1.82) is 0 Å². The number of hydrogen-bond donors (Lipinski definition) is 0. The zero-order chi connectivity index (χ0) is 49.3. The van der Waals surface area contributed by atoms with Gasteiger partial charge in [-0.15, -0.1) is 0 Å². The van der Waals surface area contributed by atoms with Crippen LogP contribution in [-0.4, -0.2) is 28.2 Å². The van der Waals surface area contributed by atoms with Crippen molar-refractivity contribution < 1.29 is 5.48 Å². The lowest BCUT2D eigenvalue weighted by atomic mass is 9.95. The van der Waals surface area contributed by atoms with Crippen LogP contribution in [0.15, 0.2) is 243 Å². The lowest BCUT2D eigenvalue weighted by Crippen LogP contribution is -2.09. The van der Waals surface area contributed by atoms with Crippen LogP contribution < -0.4 is 0 Å². The van der Waals surface area contributed by atoms with E-state index in [1.165, 1.54) is 10.8 Å². The highest BCUT2D eigenvalue weighted by atomic mass is 15.2. The van der Waals surface area contributed by atoms with Crippen LogP contribution in [0.5, 0.6) is 0 Å². The van der Waals surface area contributed by atoms with Crippen molar-refractivity contribution in [3.05, 3.63) is 243 Å². The van der Waals surface area contributed by atoms with E-state index in [1.807, 2.05) is 41.0 Å². The Balaban J connectivity index is 1.07. The summed E-state index contributed by atoms with van der Waals surface area (Å²) in [4.78, 5) is 11.2. The summed E-state index contributed by atoms with van der Waals surface area (Å²) in [7, 11) is 0. The molecule has 326 valence electrons. The van der Waals surface area contributed by atoms with Crippen molar-refractivity contribution in [3.8, 4) is 45.5 Å². The van der Waals surface area contributed by atoms with Crippen molar-refractivity contribution >= 4 is 87.2 Å². The first-order valence-electron chi connectivity index (χ1n) is 25.5. The zero-order valence-electron chi connectivity index (χ0n) is 41.5. The number of benzene rings is 10. The van der Waals surface area contributed by atoms with Gasteiger partial charge in [0.05, 0.1) is 61.0 Å². The molecule has 0 aliphatic carbocycles. The summed E-state index contributed by atoms with van der Waals surface area (Å²) in [5, 5.41) is 7.89. The summed E-state index contributed by atoms with van der Waals surface area (Å²) in [6, 6.07) is 75.0. The Hall–Kier alpha value is -9.52. The molecule has 0 fully saturated rings. The molecule has 15 aromatic rings. The maximum atomic E-state index is 9.48. The van der Waals surface area contributed by atoms with Crippen LogP contribution in [0, 0.1) is 0 Å². The van der Waals surface area contributed by atoms with Gasteiger partial charge < -0.3 is 9.13 Å². The molecule has 0 saturated heterocycles. The topological polar surface area (TPSA) is 45.5 Å². The van der Waals surface area contributed by atoms with Crippen LogP contribution in [0.4, 0.5) is 0 Å². The number of aromatic nitrogens is 6. The summed E-state index contributed by atoms with van der Waals surface area (Å²) >= 11 is 0. The monoisotopic (exact) mass is 896 g/mol. The lowest BCUT2D eigenvalue weighted by molar-refractivity contribution is 0.951. The van der Waals surface area contributed by atoms with E-state index in [2.05, 4.69) is 196 Å². The van der Waals surface area contributed by atoms with Gasteiger partial charge in [0.15, 0.2) is 0 Å². The Morgan fingerprint density at radius 2 is 0.757 bits per heavy atom. The molecule has 0 N–H and O–H groups in total. The summed E-state index contributed by atoms with van der Waals surface area (Å²) in [5.41, 5.74) is 12.6. The first kappa shape index (κ1) is 34.7. The molecule has 5 aromatic heterocycles. The highest BCUT2D eigenvalue weighted by molar-refractivity contribution is 6.13. The molecular weight excluding hydrogens is 853 g/mol. The summed E-state index contributed by atoms with van der Waals surface area (Å²) < 4.78 is 45.2. The molecule has 5 heterocycles. The van der Waals surface area contributed by atoms with Gasteiger partial charge >= 0.3 is 0 Å². The molecule has 0 aliphatic heterocycles. The summed E-state index contributed by atoms with van der Waals surface area (Å²) in [6.45, 7) is 0. The van der Waals surface area contributed by atoms with Crippen molar-refractivity contribution in [1.82, 2.24) is 28.2 Å². The van der Waals surface area contributed by atoms with Gasteiger partial charge in [-0.2, -0.15) is 4.98 Å². The van der Waals surface area contributed by atoms with Gasteiger partial charge in [0.25, 0.3) is 0 Å². The number of rotatable bonds is 6. The third kappa shape index (κ3) is 5.56. The van der Waals surface area contributed by atoms with Gasteiger partial charge in [-0.3, -0.25) is 9.13 Å². The molecule has 0 atom stereocenters. The fourth-order valence-electron chi connectivity index (χ4n) is 11.2. The molecule has 6 nitrogen and oxygen atoms in total. The summed E-state index contributed by atoms with van der Waals surface area (Å²) in [5.74, 6) is 0.860. The maximum Gasteiger partial charge on any atom is 0.237 e. The molecule has 0 saturated carbocycles. The van der Waals surface area contributed by atoms with Crippen molar-refractivity contribution in [2.75, 3.05) is 0 Å². The van der Waals surface area contributed by atoms with Crippen LogP contribution in [-0.2, 0) is 0 Å². The number of hydrogen-bond acceptors (Lipinski definition) is 2. The minimum Gasteiger partial charge on any atom is -0.309 e. The molecule has 10 aromatic carbocycles. The van der Waals surface area contributed by atoms with Crippen molar-refractivity contribution in [2.45, 2.75) is 0 Å². The molecule has 0 amide bonds. The Kier molecular flexibility index (Phi) is 7.44. The van der Waals surface area contributed by atoms with E-state index in [0.29, 0.717) is 33.3 Å². The highest BCUT2D eigenvalue weighted by Gasteiger charge is 2.24. The zero-order valence-corrected chi connectivity index (χ0v) is 37.5. The Morgan fingerprint density at radius 1 is 0.329 bits per heavy atom. The molecule has 6 heteroatoms. The first-order valence-corrected chi connectivity index (χ1v) is 23.5. The SMILES string of the molecule is [2H]c1c([2H])c([2H])c2c(c1[2H])c1ccccc1n2-c1nc(-c2c(-c3ccc(-n4c5ccccc5c5ccccc54)cc3)cccc2-n2c3ccccc3c3ccccc32)cc(-n2c3ccccc3c3ccccc32)n1. The van der Waals surface area contributed by atoms with Gasteiger partial charge in [0.2, 0.25) is 5.95 Å². The average Bonchev–Trinajstić information content (AvgIpc) is 4.23. The van der Waals surface area contributed by atoms with Gasteiger partial charge in [-0.1, -0.05) is 170 Å². The second-order valence-electron chi connectivity index (χ2n) is 17.8. The van der Waals surface area contributed by atoms with E-state index in [4.69, 9.17) is 12.7 Å². The predicted octanol–water partition coefficient (Wildman–Crippen LogP) is 16.2. The Labute approximate surface area is 407 Å². The van der Waals surface area contributed by atoms with E-state index in [9.17, 15) is 2.74 Å². The normalized spacial score (nSPS) is 12.8. The molecule has 0 unspecified atom stereocenters. The van der Waals surface area contributed by atoms with Crippen LogP contribution >= 0.6 is 0 Å². The van der Waals surface area contributed by atoms with Crippen molar-refractivity contribution in [3.63, 3.8) is 0 Å². The number of nitrogens with zero attached hydrogens (tertiary/aromatic N) is 6. The fourth-order valence-corrected chi connectivity index (χ4v) is 11.2. The van der Waals surface area contributed by atoms with Crippen LogP contribution in [0.1, 0.15) is 5.48 Å². The van der Waals surface area contributed by atoms with Gasteiger partial charge in [-0.05, 0) is 77.8 Å². The Morgan fingerprint density at radius 3 is 1.27 bits per heavy atom. The van der Waals surface area contributed by atoms with E-state index in [0.717, 1.165) is 82.7 Å². The average molecular weight is 897 g/mol. The third-order valence-corrected chi connectivity index (χ3v) is 14.2. The highest BCUT2D eigenvalue weighted by Crippen LogP contribution is 2.43. The molecule has 15 rings (SSSR count). The van der Waals surface area contributed by atoms with E-state index in [1.54, 1.807) is 0 Å². The smallest absolute Gasteiger partial charge is 0.237 e. The first-order chi connectivity index (χ1) is 36.4. The van der Waals surface area contributed by atoms with Crippen LogP contribution in [0.3, 0.4) is 0 Å². The van der Waals surface area contributed by atoms with E-state index < -0.39 is 0 Å². The Bertz CT molecular complexity index is 4690. The minimum atomic E-state index is -0.325. The largest absolute Gasteiger partial charge is 0.309 e. The maximum absolute atomic E-state index is 9.48. The minimum absolute atomic E-state index is 0.113. The van der Waals surface area contributed by atoms with Gasteiger partial charge in [0, 0.05) is 60.4 Å². The standard InChI is InChI=1S/C64H40N6/c1-9-27-53-44(18-1)45-19-2-10-28-54(45)67(53)42-38-36-41(37-39-42)43-26-17-35-61(68-55-29-11-3-20-46(55)47-21-4-12-30-56(47)68)63(43)52-40-62(69-57-31-13-5-22-48(57)49-23-6-14-32-58(49)69)66-64(65-52)70-59-33-15-7-24-50(59)51-25-8-16-34-60(51)70/h1-40H/i7D,15D,24D,33D. The molecule has 0 radical (unpaired) electrons. The second-order valence-corrected chi connectivity index (χ2v) is 17.8. The van der Waals surface area contributed by atoms with E-state index >= 15 is 0 Å². The lowest BCUT2D eigenvalue weighted by Gasteiger charge is -2.20. The molecule has 70 heavy (non-hydrogen) atoms. The van der Waals surface area contributed by atoms with Gasteiger partial charge in [0.1, 0.15) is 5.82 Å². The number of para-hydroxylation sites is 8. The van der Waals surface area contributed by atoms with Crippen LogP contribution in [0.25, 0.3) is 133 Å². The third-order valence-electron chi connectivity index (χ3n) is 14.2. The second kappa shape index (κ2) is 15.0. The van der Waals surface area contributed by atoms with Crippen molar-refractivity contribution in [2.24, 2.45) is 0 Å². The molecule has 0 spiro atoms. The predicted molar refractivity (Wildman–Crippen MR) is 290 cm³/mol. The molecule has 0 aliphatic rings. The summed E-state index contributed by atoms with van der Waals surface area (Å²) in [6.07, 6.45) is 0. The van der Waals surface area contributed by atoms with Gasteiger partial charge in [-0.25, -0.2) is 4.98 Å². The fraction of sp³-hybridized carbons (Fsp3) is 0. The number of fused-ring (bicyclic) bond motifs is 12. The molecular formula is C64H40N6. The van der Waals surface area contributed by atoms with E-state index in [-0.39, 0.29) is 30.1 Å². The molecule has 0 bridgehead atoms. The quantitative estimate of drug-likeness (QED) is 0.167.